The molecule has 1 aliphatic heterocycles. The monoisotopic (exact) mass is 329 g/mol. The minimum absolute atomic E-state index is 0.0240. The fraction of sp³-hybridized carbons (Fsp3) is 0.444. The van der Waals surface area contributed by atoms with Gasteiger partial charge < -0.3 is 4.90 Å². The molecule has 0 atom stereocenters. The maximum Gasteiger partial charge on any atom is 0.262 e. The summed E-state index contributed by atoms with van der Waals surface area (Å²) >= 11 is 1.67. The normalized spacial score (nSPS) is 15.8. The third-order valence-corrected chi connectivity index (χ3v) is 5.18. The van der Waals surface area contributed by atoms with E-state index < -0.39 is 0 Å². The molecule has 0 spiro atoms. The Hall–Kier alpha value is -1.59. The van der Waals surface area contributed by atoms with Gasteiger partial charge in [0, 0.05) is 18.8 Å². The van der Waals surface area contributed by atoms with Gasteiger partial charge in [-0.15, -0.1) is 6.58 Å². The maximum atomic E-state index is 12.7. The highest BCUT2D eigenvalue weighted by molar-refractivity contribution is 7.99. The van der Waals surface area contributed by atoms with Crippen molar-refractivity contribution < 1.29 is 0 Å². The molecular formula is C18H23N3OS. The lowest BCUT2D eigenvalue weighted by Gasteiger charge is -2.26. The number of piperidine rings is 1. The fourth-order valence-electron chi connectivity index (χ4n) is 3.00. The Labute approximate surface area is 141 Å². The van der Waals surface area contributed by atoms with Crippen molar-refractivity contribution in [2.24, 2.45) is 0 Å². The van der Waals surface area contributed by atoms with E-state index in [1.165, 1.54) is 32.4 Å². The molecule has 2 heterocycles. The number of likely N-dealkylation sites (tertiary alicyclic amines) is 1. The maximum absolute atomic E-state index is 12.7. The van der Waals surface area contributed by atoms with Crippen LogP contribution in [0.5, 0.6) is 0 Å². The first kappa shape index (κ1) is 16.3. The van der Waals surface area contributed by atoms with Crippen molar-refractivity contribution in [3.8, 4) is 0 Å². The second kappa shape index (κ2) is 7.79. The van der Waals surface area contributed by atoms with Crippen LogP contribution in [-0.4, -0.2) is 39.8 Å². The zero-order valence-corrected chi connectivity index (χ0v) is 14.2. The molecule has 1 saturated heterocycles. The molecule has 0 N–H and O–H groups in total. The molecule has 0 saturated carbocycles. The molecule has 122 valence electrons. The van der Waals surface area contributed by atoms with Crippen LogP contribution in [-0.2, 0) is 6.54 Å². The summed E-state index contributed by atoms with van der Waals surface area (Å²) in [6.45, 7) is 7.73. The number of allylic oxidation sites excluding steroid dienone is 1. The molecule has 0 amide bonds. The first-order chi connectivity index (χ1) is 11.3. The predicted molar refractivity (Wildman–Crippen MR) is 97.2 cm³/mol. The highest BCUT2D eigenvalue weighted by Crippen LogP contribution is 2.19. The Morgan fingerprint density at radius 1 is 1.22 bits per heavy atom. The molecular weight excluding hydrogens is 306 g/mol. The van der Waals surface area contributed by atoms with Crippen LogP contribution in [0.3, 0.4) is 0 Å². The summed E-state index contributed by atoms with van der Waals surface area (Å²) in [6, 6.07) is 7.55. The number of benzene rings is 1. The number of fused-ring (bicyclic) bond motifs is 1. The van der Waals surface area contributed by atoms with Crippen molar-refractivity contribution in [3.63, 3.8) is 0 Å². The fourth-order valence-corrected chi connectivity index (χ4v) is 4.01. The summed E-state index contributed by atoms with van der Waals surface area (Å²) < 4.78 is 1.73. The van der Waals surface area contributed by atoms with E-state index >= 15 is 0 Å². The van der Waals surface area contributed by atoms with Gasteiger partial charge in [-0.3, -0.25) is 9.36 Å². The van der Waals surface area contributed by atoms with Crippen LogP contribution < -0.4 is 5.56 Å². The Kier molecular flexibility index (Phi) is 5.51. The van der Waals surface area contributed by atoms with Crippen LogP contribution in [0.4, 0.5) is 0 Å². The second-order valence-electron chi connectivity index (χ2n) is 5.87. The molecule has 0 bridgehead atoms. The Bertz CT molecular complexity index is 735. The smallest absolute Gasteiger partial charge is 0.262 e. The lowest BCUT2D eigenvalue weighted by atomic mass is 10.1. The zero-order chi connectivity index (χ0) is 16.1. The van der Waals surface area contributed by atoms with E-state index in [0.717, 1.165) is 23.0 Å². The van der Waals surface area contributed by atoms with E-state index in [0.29, 0.717) is 11.9 Å². The third kappa shape index (κ3) is 3.85. The number of nitrogens with zero attached hydrogens (tertiary/aromatic N) is 3. The molecule has 0 aliphatic carbocycles. The number of hydrogen-bond acceptors (Lipinski definition) is 4. The summed E-state index contributed by atoms with van der Waals surface area (Å²) in [6.07, 6.45) is 5.72. The van der Waals surface area contributed by atoms with Crippen LogP contribution in [0.1, 0.15) is 19.3 Å². The van der Waals surface area contributed by atoms with Crippen molar-refractivity contribution in [1.29, 1.82) is 0 Å². The molecule has 1 aliphatic rings. The first-order valence-corrected chi connectivity index (χ1v) is 9.24. The molecule has 3 rings (SSSR count). The summed E-state index contributed by atoms with van der Waals surface area (Å²) in [5.41, 5.74) is 0.800. The van der Waals surface area contributed by atoms with E-state index in [2.05, 4.69) is 11.5 Å². The lowest BCUT2D eigenvalue weighted by Crippen LogP contribution is -2.31. The van der Waals surface area contributed by atoms with Crippen LogP contribution in [0.15, 0.2) is 46.9 Å². The van der Waals surface area contributed by atoms with Crippen molar-refractivity contribution in [1.82, 2.24) is 14.5 Å². The van der Waals surface area contributed by atoms with Crippen molar-refractivity contribution in [3.05, 3.63) is 47.3 Å². The summed E-state index contributed by atoms with van der Waals surface area (Å²) in [7, 11) is 0. The van der Waals surface area contributed by atoms with E-state index in [4.69, 9.17) is 4.98 Å². The number of para-hydroxylation sites is 1. The third-order valence-electron chi connectivity index (χ3n) is 4.23. The first-order valence-electron chi connectivity index (χ1n) is 8.25. The van der Waals surface area contributed by atoms with E-state index in [1.807, 2.05) is 24.3 Å². The SMILES string of the molecule is C=CCn1c(SCCN2CCCCC2)nc2ccccc2c1=O. The van der Waals surface area contributed by atoms with Crippen LogP contribution in [0.2, 0.25) is 0 Å². The summed E-state index contributed by atoms with van der Waals surface area (Å²) in [4.78, 5) is 19.9. The van der Waals surface area contributed by atoms with Crippen molar-refractivity contribution >= 4 is 22.7 Å². The minimum Gasteiger partial charge on any atom is -0.303 e. The molecule has 1 aromatic carbocycles. The van der Waals surface area contributed by atoms with Gasteiger partial charge >= 0.3 is 0 Å². The zero-order valence-electron chi connectivity index (χ0n) is 13.4. The molecule has 1 aromatic heterocycles. The number of thioether (sulfide) groups is 1. The van der Waals surface area contributed by atoms with Gasteiger partial charge in [-0.25, -0.2) is 4.98 Å². The second-order valence-corrected chi connectivity index (χ2v) is 6.93. The Morgan fingerprint density at radius 3 is 2.78 bits per heavy atom. The molecule has 23 heavy (non-hydrogen) atoms. The standard InChI is InChI=1S/C18H23N3OS/c1-2-10-21-17(22)15-8-4-5-9-16(15)19-18(21)23-14-13-20-11-6-3-7-12-20/h2,4-5,8-9H,1,3,6-7,10-14H2. The Morgan fingerprint density at radius 2 is 2.00 bits per heavy atom. The molecule has 4 nitrogen and oxygen atoms in total. The van der Waals surface area contributed by atoms with Gasteiger partial charge in [0.25, 0.3) is 5.56 Å². The average molecular weight is 329 g/mol. The van der Waals surface area contributed by atoms with Gasteiger partial charge in [-0.05, 0) is 38.1 Å². The molecule has 0 unspecified atom stereocenters. The van der Waals surface area contributed by atoms with Crippen molar-refractivity contribution in [2.45, 2.75) is 31.0 Å². The van der Waals surface area contributed by atoms with Crippen molar-refractivity contribution in [2.75, 3.05) is 25.4 Å². The average Bonchev–Trinajstić information content (AvgIpc) is 2.59. The highest BCUT2D eigenvalue weighted by Gasteiger charge is 2.13. The summed E-state index contributed by atoms with van der Waals surface area (Å²) in [5, 5.41) is 1.47. The lowest BCUT2D eigenvalue weighted by molar-refractivity contribution is 0.242. The van der Waals surface area contributed by atoms with E-state index in [9.17, 15) is 4.79 Å². The molecule has 2 aromatic rings. The predicted octanol–water partition coefficient (Wildman–Crippen LogP) is 3.16. The van der Waals surface area contributed by atoms with Gasteiger partial charge in [0.05, 0.1) is 10.9 Å². The van der Waals surface area contributed by atoms with Gasteiger partial charge in [-0.1, -0.05) is 36.4 Å². The van der Waals surface area contributed by atoms with Crippen LogP contribution in [0.25, 0.3) is 10.9 Å². The van der Waals surface area contributed by atoms with Gasteiger partial charge in [0.15, 0.2) is 5.16 Å². The minimum atomic E-state index is 0.0240. The summed E-state index contributed by atoms with van der Waals surface area (Å²) in [5.74, 6) is 0.960. The molecule has 5 heteroatoms. The van der Waals surface area contributed by atoms with Crippen LogP contribution in [0, 0.1) is 0 Å². The number of hydrogen-bond donors (Lipinski definition) is 0. The quantitative estimate of drug-likeness (QED) is 0.463. The largest absolute Gasteiger partial charge is 0.303 e. The molecule has 0 radical (unpaired) electrons. The topological polar surface area (TPSA) is 38.1 Å². The number of aromatic nitrogens is 2. The van der Waals surface area contributed by atoms with E-state index in [1.54, 1.807) is 22.4 Å². The number of rotatable bonds is 6. The molecule has 1 fully saturated rings. The van der Waals surface area contributed by atoms with Crippen LogP contribution >= 0.6 is 11.8 Å². The van der Waals surface area contributed by atoms with E-state index in [-0.39, 0.29) is 5.56 Å². The van der Waals surface area contributed by atoms with Gasteiger partial charge in [0.2, 0.25) is 0 Å². The highest BCUT2D eigenvalue weighted by atomic mass is 32.2. The Balaban J connectivity index is 1.79. The van der Waals surface area contributed by atoms with Gasteiger partial charge in [0.1, 0.15) is 0 Å². The van der Waals surface area contributed by atoms with Gasteiger partial charge in [-0.2, -0.15) is 0 Å².